The number of halogens is 1. The van der Waals surface area contributed by atoms with Gasteiger partial charge in [0.1, 0.15) is 5.82 Å². The van der Waals surface area contributed by atoms with Crippen LogP contribution in [0.3, 0.4) is 0 Å². The van der Waals surface area contributed by atoms with Gasteiger partial charge in [-0.3, -0.25) is 0 Å². The molecule has 2 heterocycles. The molecule has 22 heavy (non-hydrogen) atoms. The molecule has 5 nitrogen and oxygen atoms in total. The zero-order valence-corrected chi connectivity index (χ0v) is 14.3. The van der Waals surface area contributed by atoms with E-state index in [0.717, 1.165) is 20.6 Å². The Morgan fingerprint density at radius 2 is 2.18 bits per heavy atom. The molecule has 0 unspecified atom stereocenters. The summed E-state index contributed by atoms with van der Waals surface area (Å²) in [6.07, 6.45) is 1.74. The Labute approximate surface area is 139 Å². The molecule has 2 aromatic heterocycles. The van der Waals surface area contributed by atoms with Crippen LogP contribution in [-0.2, 0) is 6.54 Å². The zero-order valence-electron chi connectivity index (χ0n) is 12.8. The van der Waals surface area contributed by atoms with Gasteiger partial charge in [0.05, 0.1) is 10.4 Å². The molecule has 118 valence electrons. The van der Waals surface area contributed by atoms with Crippen molar-refractivity contribution >= 4 is 34.8 Å². The van der Waals surface area contributed by atoms with Gasteiger partial charge in [-0.15, -0.1) is 11.3 Å². The number of rotatable bonds is 5. The molecular weight excluding hydrogens is 320 g/mol. The summed E-state index contributed by atoms with van der Waals surface area (Å²) >= 11 is 7.37. The molecule has 0 aromatic carbocycles. The van der Waals surface area contributed by atoms with Gasteiger partial charge in [-0.1, -0.05) is 17.7 Å². The lowest BCUT2D eigenvalue weighted by Gasteiger charge is -2.17. The lowest BCUT2D eigenvalue weighted by atomic mass is 10.2. The van der Waals surface area contributed by atoms with E-state index in [4.69, 9.17) is 11.6 Å². The number of thiophene rings is 1. The number of aromatic nitrogens is 1. The second-order valence-corrected chi connectivity index (χ2v) is 6.82. The summed E-state index contributed by atoms with van der Waals surface area (Å²) in [5, 5.41) is 5.75. The predicted molar refractivity (Wildman–Crippen MR) is 91.7 cm³/mol. The highest BCUT2D eigenvalue weighted by atomic mass is 35.5. The topological polar surface area (TPSA) is 57.3 Å². The van der Waals surface area contributed by atoms with Crippen LogP contribution in [0.25, 0.3) is 0 Å². The Kier molecular flexibility index (Phi) is 5.63. The maximum atomic E-state index is 12.0. The van der Waals surface area contributed by atoms with Crippen LogP contribution in [0.15, 0.2) is 30.5 Å². The average Bonchev–Trinajstić information content (AvgIpc) is 2.92. The van der Waals surface area contributed by atoms with Crippen molar-refractivity contribution in [3.05, 3.63) is 45.2 Å². The summed E-state index contributed by atoms with van der Waals surface area (Å²) < 4.78 is 0.718. The highest BCUT2D eigenvalue weighted by Gasteiger charge is 2.12. The molecule has 0 aliphatic rings. The molecular formula is C15H19ClN4OS. The van der Waals surface area contributed by atoms with E-state index in [2.05, 4.69) is 15.6 Å². The van der Waals surface area contributed by atoms with E-state index in [9.17, 15) is 4.79 Å². The summed E-state index contributed by atoms with van der Waals surface area (Å²) in [6.45, 7) is 2.35. The van der Waals surface area contributed by atoms with Crippen molar-refractivity contribution in [2.24, 2.45) is 0 Å². The van der Waals surface area contributed by atoms with Crippen molar-refractivity contribution in [3.8, 4) is 0 Å². The molecule has 7 heteroatoms. The smallest absolute Gasteiger partial charge is 0.315 e. The molecule has 2 rings (SSSR count). The van der Waals surface area contributed by atoms with Crippen molar-refractivity contribution in [1.82, 2.24) is 15.6 Å². The summed E-state index contributed by atoms with van der Waals surface area (Å²) in [7, 11) is 3.85. The fraction of sp³-hybridized carbons (Fsp3) is 0.333. The number of anilines is 1. The minimum absolute atomic E-state index is 0.0836. The molecule has 2 amide bonds. The monoisotopic (exact) mass is 338 g/mol. The maximum Gasteiger partial charge on any atom is 0.315 e. The van der Waals surface area contributed by atoms with Gasteiger partial charge in [0.2, 0.25) is 0 Å². The van der Waals surface area contributed by atoms with E-state index in [0.29, 0.717) is 6.54 Å². The van der Waals surface area contributed by atoms with E-state index < -0.39 is 0 Å². The van der Waals surface area contributed by atoms with Crippen LogP contribution in [-0.4, -0.2) is 25.1 Å². The number of nitrogens with zero attached hydrogens (tertiary/aromatic N) is 2. The van der Waals surface area contributed by atoms with E-state index in [1.165, 1.54) is 11.3 Å². The Hall–Kier alpha value is -1.79. The van der Waals surface area contributed by atoms with Crippen molar-refractivity contribution < 1.29 is 4.79 Å². The Morgan fingerprint density at radius 1 is 1.41 bits per heavy atom. The van der Waals surface area contributed by atoms with Gasteiger partial charge >= 0.3 is 6.03 Å². The highest BCUT2D eigenvalue weighted by Crippen LogP contribution is 2.26. The summed E-state index contributed by atoms with van der Waals surface area (Å²) in [5.74, 6) is 0.848. The molecule has 1 atom stereocenters. The van der Waals surface area contributed by atoms with Gasteiger partial charge in [0.15, 0.2) is 0 Å². The third kappa shape index (κ3) is 4.35. The minimum atomic E-state index is -0.217. The van der Waals surface area contributed by atoms with Gasteiger partial charge in [0, 0.05) is 37.3 Å². The van der Waals surface area contributed by atoms with E-state index in [1.54, 1.807) is 6.20 Å². The first-order chi connectivity index (χ1) is 10.5. The number of carbonyl (C=O) groups excluding carboxylic acids is 1. The summed E-state index contributed by atoms with van der Waals surface area (Å²) in [5.41, 5.74) is 0.967. The number of urea groups is 1. The second-order valence-electron chi connectivity index (χ2n) is 5.07. The SMILES string of the molecule is C[C@H](NC(=O)NCc1cccnc1N(C)C)c1ccc(Cl)s1. The molecule has 0 saturated heterocycles. The number of nitrogens with one attached hydrogen (secondary N) is 2. The standard InChI is InChI=1S/C15H19ClN4OS/c1-10(12-6-7-13(16)22-12)19-15(21)18-9-11-5-4-8-17-14(11)20(2)3/h4-8,10H,9H2,1-3H3,(H2,18,19,21)/t10-/m0/s1. The second kappa shape index (κ2) is 7.47. The van der Waals surface area contributed by atoms with E-state index in [1.807, 2.05) is 50.2 Å². The predicted octanol–water partition coefficient (Wildman–Crippen LogP) is 3.42. The van der Waals surface area contributed by atoms with Gasteiger partial charge in [-0.25, -0.2) is 9.78 Å². The lowest BCUT2D eigenvalue weighted by molar-refractivity contribution is 0.237. The van der Waals surface area contributed by atoms with Crippen molar-refractivity contribution in [2.45, 2.75) is 19.5 Å². The van der Waals surface area contributed by atoms with Crippen LogP contribution >= 0.6 is 22.9 Å². The average molecular weight is 339 g/mol. The Balaban J connectivity index is 1.90. The number of carbonyl (C=O) groups is 1. The third-order valence-electron chi connectivity index (χ3n) is 3.10. The van der Waals surface area contributed by atoms with Gasteiger partial charge in [-0.2, -0.15) is 0 Å². The molecule has 0 spiro atoms. The van der Waals surface area contributed by atoms with E-state index in [-0.39, 0.29) is 12.1 Å². The number of hydrogen-bond donors (Lipinski definition) is 2. The summed E-state index contributed by atoms with van der Waals surface area (Å²) in [4.78, 5) is 19.3. The van der Waals surface area contributed by atoms with Crippen LogP contribution in [0, 0.1) is 0 Å². The number of amides is 2. The first kappa shape index (κ1) is 16.6. The van der Waals surface area contributed by atoms with Gasteiger partial charge < -0.3 is 15.5 Å². The van der Waals surface area contributed by atoms with Gasteiger partial charge in [0.25, 0.3) is 0 Å². The highest BCUT2D eigenvalue weighted by molar-refractivity contribution is 7.16. The minimum Gasteiger partial charge on any atom is -0.362 e. The zero-order chi connectivity index (χ0) is 16.1. The van der Waals surface area contributed by atoms with Gasteiger partial charge in [-0.05, 0) is 25.1 Å². The Morgan fingerprint density at radius 3 is 2.82 bits per heavy atom. The maximum absolute atomic E-state index is 12.0. The van der Waals surface area contributed by atoms with E-state index >= 15 is 0 Å². The van der Waals surface area contributed by atoms with Crippen molar-refractivity contribution in [1.29, 1.82) is 0 Å². The normalized spacial score (nSPS) is 11.8. The molecule has 0 radical (unpaired) electrons. The van der Waals surface area contributed by atoms with Crippen LogP contribution in [0.5, 0.6) is 0 Å². The first-order valence-corrected chi connectivity index (χ1v) is 8.07. The lowest BCUT2D eigenvalue weighted by Crippen LogP contribution is -2.36. The first-order valence-electron chi connectivity index (χ1n) is 6.88. The van der Waals surface area contributed by atoms with Crippen LogP contribution in [0.1, 0.15) is 23.4 Å². The molecule has 0 aliphatic carbocycles. The Bertz CT molecular complexity index is 644. The largest absolute Gasteiger partial charge is 0.362 e. The van der Waals surface area contributed by atoms with Crippen LogP contribution < -0.4 is 15.5 Å². The molecule has 2 aromatic rings. The number of pyridine rings is 1. The molecule has 0 aliphatic heterocycles. The molecule has 0 fully saturated rings. The quantitative estimate of drug-likeness (QED) is 0.878. The summed E-state index contributed by atoms with van der Waals surface area (Å²) in [6, 6.07) is 7.26. The van der Waals surface area contributed by atoms with Crippen LogP contribution in [0.4, 0.5) is 10.6 Å². The number of hydrogen-bond acceptors (Lipinski definition) is 4. The van der Waals surface area contributed by atoms with Crippen molar-refractivity contribution in [2.75, 3.05) is 19.0 Å². The molecule has 0 saturated carbocycles. The van der Waals surface area contributed by atoms with Crippen LogP contribution in [0.2, 0.25) is 4.34 Å². The molecule has 0 bridgehead atoms. The third-order valence-corrected chi connectivity index (χ3v) is 4.51. The fourth-order valence-electron chi connectivity index (χ4n) is 2.03. The van der Waals surface area contributed by atoms with Crippen molar-refractivity contribution in [3.63, 3.8) is 0 Å². The molecule has 2 N–H and O–H groups in total. The fourth-order valence-corrected chi connectivity index (χ4v) is 3.09.